The van der Waals surface area contributed by atoms with Crippen molar-refractivity contribution in [1.29, 1.82) is 0 Å². The molecule has 0 bridgehead atoms. The summed E-state index contributed by atoms with van der Waals surface area (Å²) in [7, 11) is 0. The molecule has 0 saturated heterocycles. The first-order chi connectivity index (χ1) is 11.1. The minimum Gasteiger partial charge on any atom is -0.411 e. The summed E-state index contributed by atoms with van der Waals surface area (Å²) < 4.78 is 28.0. The fourth-order valence-corrected chi connectivity index (χ4v) is 2.32. The van der Waals surface area contributed by atoms with Crippen LogP contribution in [-0.4, -0.2) is 26.0 Å². The summed E-state index contributed by atoms with van der Waals surface area (Å²) in [5.74, 6) is -1.78. The quantitative estimate of drug-likeness (QED) is 0.438. The molecule has 6 nitrogen and oxygen atoms in total. The number of fused-ring (bicyclic) bond motifs is 1. The lowest BCUT2D eigenvalue weighted by Gasteiger charge is -2.04. The summed E-state index contributed by atoms with van der Waals surface area (Å²) in [6.45, 7) is 0. The highest BCUT2D eigenvalue weighted by atomic mass is 19.2. The topological polar surface area (TPSA) is 82.8 Å². The van der Waals surface area contributed by atoms with Gasteiger partial charge in [-0.2, -0.15) is 0 Å². The zero-order chi connectivity index (χ0) is 16.4. The third-order valence-electron chi connectivity index (χ3n) is 3.40. The van der Waals surface area contributed by atoms with Gasteiger partial charge in [0.15, 0.2) is 17.3 Å². The number of oxime groups is 1. The van der Waals surface area contributed by atoms with Crippen LogP contribution in [0.25, 0.3) is 5.65 Å². The molecule has 2 aromatic heterocycles. The third-order valence-corrected chi connectivity index (χ3v) is 3.40. The summed E-state index contributed by atoms with van der Waals surface area (Å²) in [6.07, 6.45) is 1.65. The number of benzene rings is 1. The Hall–Kier alpha value is -3.03. The smallest absolute Gasteiger partial charge is 0.272 e. The van der Waals surface area contributed by atoms with Crippen LogP contribution in [-0.2, 0) is 12.8 Å². The van der Waals surface area contributed by atoms with Crippen molar-refractivity contribution in [2.24, 2.45) is 5.16 Å². The molecule has 3 rings (SSSR count). The number of hydrogen-bond donors (Lipinski definition) is 2. The van der Waals surface area contributed by atoms with Crippen LogP contribution in [0, 0.1) is 11.6 Å². The minimum atomic E-state index is -0.899. The molecule has 23 heavy (non-hydrogen) atoms. The monoisotopic (exact) mass is 318 g/mol. The molecular formula is C15H12F2N4O2. The third kappa shape index (κ3) is 2.96. The standard InChI is InChI=1S/C15H12F2N4O2/c16-12-3-1-2-9(15(12)17)4-5-10-7-14(22)21-13(19-10)6-11(20-21)8-18-23/h1-3,6-8,20,23H,4-5H2/b18-8+. The number of aromatic nitrogens is 3. The van der Waals surface area contributed by atoms with E-state index in [0.29, 0.717) is 23.5 Å². The Morgan fingerprint density at radius 1 is 1.30 bits per heavy atom. The molecule has 0 fully saturated rings. The Morgan fingerprint density at radius 3 is 2.91 bits per heavy atom. The highest BCUT2D eigenvalue weighted by molar-refractivity contribution is 5.78. The average molecular weight is 318 g/mol. The van der Waals surface area contributed by atoms with Crippen molar-refractivity contribution >= 4 is 11.9 Å². The number of nitrogens with zero attached hydrogens (tertiary/aromatic N) is 3. The van der Waals surface area contributed by atoms with Crippen LogP contribution in [0.15, 0.2) is 40.3 Å². The van der Waals surface area contributed by atoms with Crippen molar-refractivity contribution in [3.63, 3.8) is 0 Å². The Bertz CT molecular complexity index is 946. The maximum Gasteiger partial charge on any atom is 0.272 e. The van der Waals surface area contributed by atoms with Crippen LogP contribution in [0.5, 0.6) is 0 Å². The van der Waals surface area contributed by atoms with Crippen molar-refractivity contribution < 1.29 is 14.0 Å². The molecule has 0 saturated carbocycles. The van der Waals surface area contributed by atoms with E-state index in [1.54, 1.807) is 0 Å². The summed E-state index contributed by atoms with van der Waals surface area (Å²) in [5.41, 5.74) is 1.11. The summed E-state index contributed by atoms with van der Waals surface area (Å²) >= 11 is 0. The molecule has 0 radical (unpaired) electrons. The molecule has 2 heterocycles. The second kappa shape index (κ2) is 5.99. The van der Waals surface area contributed by atoms with E-state index in [2.05, 4.69) is 15.2 Å². The maximum absolute atomic E-state index is 13.6. The number of hydrogen-bond acceptors (Lipinski definition) is 4. The van der Waals surface area contributed by atoms with Gasteiger partial charge in [0.1, 0.15) is 0 Å². The zero-order valence-electron chi connectivity index (χ0n) is 11.8. The first-order valence-electron chi connectivity index (χ1n) is 6.80. The van der Waals surface area contributed by atoms with E-state index in [1.165, 1.54) is 28.8 Å². The van der Waals surface area contributed by atoms with Gasteiger partial charge in [0.2, 0.25) is 0 Å². The predicted octanol–water partition coefficient (Wildman–Crippen LogP) is 1.89. The van der Waals surface area contributed by atoms with E-state index in [4.69, 9.17) is 5.21 Å². The Labute approximate surface area is 128 Å². The largest absolute Gasteiger partial charge is 0.411 e. The molecule has 1 aromatic carbocycles. The van der Waals surface area contributed by atoms with Gasteiger partial charge in [-0.25, -0.2) is 18.3 Å². The van der Waals surface area contributed by atoms with Crippen molar-refractivity contribution in [3.05, 3.63) is 69.3 Å². The Morgan fingerprint density at radius 2 is 2.13 bits per heavy atom. The maximum atomic E-state index is 13.6. The molecule has 0 aliphatic rings. The van der Waals surface area contributed by atoms with Crippen molar-refractivity contribution in [3.8, 4) is 0 Å². The fraction of sp³-hybridized carbons (Fsp3) is 0.133. The molecule has 0 aliphatic carbocycles. The first kappa shape index (κ1) is 14.9. The predicted molar refractivity (Wildman–Crippen MR) is 79.0 cm³/mol. The van der Waals surface area contributed by atoms with Crippen LogP contribution < -0.4 is 5.56 Å². The minimum absolute atomic E-state index is 0.224. The number of aromatic amines is 1. The Kier molecular flexibility index (Phi) is 3.88. The lowest BCUT2D eigenvalue weighted by molar-refractivity contribution is 0.321. The van der Waals surface area contributed by atoms with Gasteiger partial charge in [0.25, 0.3) is 5.56 Å². The summed E-state index contributed by atoms with van der Waals surface area (Å²) in [5, 5.41) is 14.1. The second-order valence-corrected chi connectivity index (χ2v) is 4.95. The van der Waals surface area contributed by atoms with E-state index in [-0.39, 0.29) is 17.5 Å². The van der Waals surface area contributed by atoms with Crippen molar-refractivity contribution in [2.75, 3.05) is 0 Å². The molecule has 0 atom stereocenters. The molecule has 118 valence electrons. The lowest BCUT2D eigenvalue weighted by atomic mass is 10.1. The normalized spacial score (nSPS) is 11.6. The van der Waals surface area contributed by atoms with Gasteiger partial charge in [-0.15, -0.1) is 0 Å². The van der Waals surface area contributed by atoms with Crippen molar-refractivity contribution in [1.82, 2.24) is 14.6 Å². The second-order valence-electron chi connectivity index (χ2n) is 4.95. The molecule has 0 unspecified atom stereocenters. The van der Waals surface area contributed by atoms with Gasteiger partial charge < -0.3 is 5.21 Å². The summed E-state index contributed by atoms with van der Waals surface area (Å²) in [4.78, 5) is 16.3. The average Bonchev–Trinajstić information content (AvgIpc) is 2.92. The Balaban J connectivity index is 1.88. The molecular weight excluding hydrogens is 306 g/mol. The molecule has 0 spiro atoms. The molecule has 0 aliphatic heterocycles. The van der Waals surface area contributed by atoms with Gasteiger partial charge >= 0.3 is 0 Å². The summed E-state index contributed by atoms with van der Waals surface area (Å²) in [6, 6.07) is 6.84. The van der Waals surface area contributed by atoms with E-state index < -0.39 is 11.6 Å². The number of rotatable bonds is 4. The molecule has 3 aromatic rings. The van der Waals surface area contributed by atoms with Gasteiger partial charge in [0.05, 0.1) is 11.9 Å². The first-order valence-corrected chi connectivity index (χ1v) is 6.80. The highest BCUT2D eigenvalue weighted by Gasteiger charge is 2.10. The van der Waals surface area contributed by atoms with E-state index in [1.807, 2.05) is 0 Å². The number of halogens is 2. The van der Waals surface area contributed by atoms with Crippen LogP contribution in [0.4, 0.5) is 8.78 Å². The van der Waals surface area contributed by atoms with Gasteiger partial charge in [-0.05, 0) is 24.5 Å². The van der Waals surface area contributed by atoms with Crippen molar-refractivity contribution in [2.45, 2.75) is 12.8 Å². The van der Waals surface area contributed by atoms with Gasteiger partial charge in [-0.3, -0.25) is 9.89 Å². The van der Waals surface area contributed by atoms with E-state index in [9.17, 15) is 13.6 Å². The molecule has 0 amide bonds. The number of H-pyrrole nitrogens is 1. The van der Waals surface area contributed by atoms with Crippen LogP contribution in [0.3, 0.4) is 0 Å². The zero-order valence-corrected chi connectivity index (χ0v) is 11.8. The van der Waals surface area contributed by atoms with Crippen LogP contribution in [0.1, 0.15) is 17.0 Å². The van der Waals surface area contributed by atoms with Crippen LogP contribution in [0.2, 0.25) is 0 Å². The van der Waals surface area contributed by atoms with Gasteiger partial charge in [0, 0.05) is 17.8 Å². The molecule has 8 heteroatoms. The SMILES string of the molecule is O=c1cc(CCc2cccc(F)c2F)nc2cc(/C=N/O)[nH]n12. The van der Waals surface area contributed by atoms with Gasteiger partial charge in [-0.1, -0.05) is 17.3 Å². The highest BCUT2D eigenvalue weighted by Crippen LogP contribution is 2.13. The number of aryl methyl sites for hydroxylation is 2. The van der Waals surface area contributed by atoms with Crippen LogP contribution >= 0.6 is 0 Å². The fourth-order valence-electron chi connectivity index (χ4n) is 2.32. The van der Waals surface area contributed by atoms with E-state index >= 15 is 0 Å². The lowest BCUT2D eigenvalue weighted by Crippen LogP contribution is -2.16. The van der Waals surface area contributed by atoms with E-state index in [0.717, 1.165) is 12.3 Å². The molecule has 2 N–H and O–H groups in total. The number of nitrogens with one attached hydrogen (secondary N) is 1.